The third kappa shape index (κ3) is 10.8. The number of carbonyl (C=O) groups is 5. The number of ether oxygens (including phenoxy) is 1. The summed E-state index contributed by atoms with van der Waals surface area (Å²) < 4.78 is 5.75. The quantitative estimate of drug-likeness (QED) is 0.205. The van der Waals surface area contributed by atoms with Gasteiger partial charge in [-0.05, 0) is 81.6 Å². The molecule has 0 radical (unpaired) electrons. The van der Waals surface area contributed by atoms with E-state index in [1.54, 1.807) is 36.6 Å². The Labute approximate surface area is 298 Å². The SMILES string of the molecule is CC(=O)O[C@H](C[C@H](C(C)C)N(C)C(=O)[C@@H](NC(=O)[C@H]1CCCCN1C)C1CC1)c1nc(C(=O)N[C@@H](Cc2ccncc2)C[C@H](C)C(=O)O)cs1. The number of rotatable bonds is 17. The Bertz CT molecular complexity index is 1480. The van der Waals surface area contributed by atoms with Gasteiger partial charge < -0.3 is 25.4 Å². The molecule has 14 heteroatoms. The molecule has 6 atom stereocenters. The standard InChI is InChI=1S/C36H52N6O7S/c1-21(2)29(42(6)35(46)31(25-10-11-25)40-33(45)28-9-7-8-16-41(28)5)19-30(49-23(4)43)34-39-27(20-50-34)32(44)38-26(17-22(3)36(47)48)18-24-12-14-37-15-13-24/h12-15,20-22,25-26,28-31H,7-11,16-19H2,1-6H3,(H,38,44)(H,40,45)(H,47,48)/t22-,26+,28+,29+,30+,31-/m0/s1. The van der Waals surface area contributed by atoms with Crippen LogP contribution in [0.4, 0.5) is 0 Å². The number of pyridine rings is 1. The fourth-order valence-corrected chi connectivity index (χ4v) is 7.51. The van der Waals surface area contributed by atoms with Gasteiger partial charge in [0.2, 0.25) is 11.8 Å². The van der Waals surface area contributed by atoms with Crippen LogP contribution < -0.4 is 10.6 Å². The second-order valence-electron chi connectivity index (χ2n) is 14.2. The van der Waals surface area contributed by atoms with Crippen molar-refractivity contribution in [3.63, 3.8) is 0 Å². The number of carboxylic acid groups (broad SMARTS) is 1. The monoisotopic (exact) mass is 712 g/mol. The van der Waals surface area contributed by atoms with Crippen molar-refractivity contribution in [1.82, 2.24) is 30.4 Å². The van der Waals surface area contributed by atoms with Crippen molar-refractivity contribution < 1.29 is 33.8 Å². The number of esters is 1. The fraction of sp³-hybridized carbons (Fsp3) is 0.639. The number of aliphatic carboxylic acids is 1. The van der Waals surface area contributed by atoms with E-state index in [1.165, 1.54) is 18.3 Å². The lowest BCUT2D eigenvalue weighted by Gasteiger charge is -2.37. The zero-order chi connectivity index (χ0) is 36.5. The number of likely N-dealkylation sites (tertiary alicyclic amines) is 1. The van der Waals surface area contributed by atoms with Gasteiger partial charge in [-0.25, -0.2) is 4.98 Å². The van der Waals surface area contributed by atoms with E-state index >= 15 is 0 Å². The minimum Gasteiger partial charge on any atom is -0.481 e. The molecule has 3 amide bonds. The van der Waals surface area contributed by atoms with E-state index in [-0.39, 0.29) is 54.3 Å². The Morgan fingerprint density at radius 1 is 1.06 bits per heavy atom. The molecule has 1 saturated carbocycles. The second-order valence-corrected chi connectivity index (χ2v) is 15.1. The van der Waals surface area contributed by atoms with E-state index in [2.05, 4.69) is 25.5 Å². The Kier molecular flexibility index (Phi) is 13.9. The van der Waals surface area contributed by atoms with Gasteiger partial charge >= 0.3 is 11.9 Å². The molecule has 3 N–H and O–H groups in total. The number of nitrogens with zero attached hydrogens (tertiary/aromatic N) is 4. The summed E-state index contributed by atoms with van der Waals surface area (Å²) in [5, 5.41) is 17.5. The average Bonchev–Trinajstić information content (AvgIpc) is 3.79. The maximum Gasteiger partial charge on any atom is 0.306 e. The first-order valence-corrected chi connectivity index (χ1v) is 18.5. The van der Waals surface area contributed by atoms with Crippen LogP contribution in [0.5, 0.6) is 0 Å². The summed E-state index contributed by atoms with van der Waals surface area (Å²) in [6, 6.07) is 1.91. The molecule has 274 valence electrons. The molecule has 3 heterocycles. The Balaban J connectivity index is 1.48. The van der Waals surface area contributed by atoms with E-state index in [0.717, 1.165) is 44.2 Å². The number of nitrogens with one attached hydrogen (secondary N) is 2. The molecular formula is C36H52N6O7S. The molecule has 0 spiro atoms. The van der Waals surface area contributed by atoms with E-state index in [9.17, 15) is 29.1 Å². The summed E-state index contributed by atoms with van der Waals surface area (Å²) in [7, 11) is 3.68. The number of thiazole rings is 1. The van der Waals surface area contributed by atoms with Crippen molar-refractivity contribution in [3.05, 3.63) is 46.2 Å². The van der Waals surface area contributed by atoms with Gasteiger partial charge in [-0.1, -0.05) is 27.2 Å². The molecule has 1 saturated heterocycles. The number of aromatic nitrogens is 2. The summed E-state index contributed by atoms with van der Waals surface area (Å²) in [4.78, 5) is 77.0. The summed E-state index contributed by atoms with van der Waals surface area (Å²) in [6.45, 7) is 7.73. The number of likely N-dealkylation sites (N-methyl/N-ethyl adjacent to an activating group) is 2. The predicted octanol–water partition coefficient (Wildman–Crippen LogP) is 3.85. The third-order valence-electron chi connectivity index (χ3n) is 9.77. The zero-order valence-corrected chi connectivity index (χ0v) is 30.8. The van der Waals surface area contributed by atoms with Crippen LogP contribution in [-0.4, -0.2) is 99.3 Å². The molecule has 2 aromatic rings. The van der Waals surface area contributed by atoms with Crippen molar-refractivity contribution in [2.24, 2.45) is 17.8 Å². The Morgan fingerprint density at radius 3 is 2.36 bits per heavy atom. The van der Waals surface area contributed by atoms with Gasteiger partial charge in [0.1, 0.15) is 16.7 Å². The molecule has 0 unspecified atom stereocenters. The normalized spacial score (nSPS) is 19.5. The van der Waals surface area contributed by atoms with Crippen LogP contribution in [0.2, 0.25) is 0 Å². The van der Waals surface area contributed by atoms with Gasteiger partial charge in [0.05, 0.1) is 12.0 Å². The summed E-state index contributed by atoms with van der Waals surface area (Å²) in [6.07, 6.45) is 7.87. The molecule has 1 aliphatic heterocycles. The minimum atomic E-state index is -0.954. The van der Waals surface area contributed by atoms with Gasteiger partial charge in [-0.2, -0.15) is 0 Å². The van der Waals surface area contributed by atoms with E-state index < -0.39 is 42.0 Å². The van der Waals surface area contributed by atoms with Crippen molar-refractivity contribution in [3.8, 4) is 0 Å². The van der Waals surface area contributed by atoms with Crippen LogP contribution in [0, 0.1) is 17.8 Å². The number of carbonyl (C=O) groups excluding carboxylic acids is 4. The van der Waals surface area contributed by atoms with E-state index in [0.29, 0.717) is 11.4 Å². The van der Waals surface area contributed by atoms with Crippen LogP contribution in [0.3, 0.4) is 0 Å². The molecule has 2 fully saturated rings. The van der Waals surface area contributed by atoms with Crippen LogP contribution in [0.1, 0.15) is 99.8 Å². The molecule has 13 nitrogen and oxygen atoms in total. The second kappa shape index (κ2) is 17.8. The van der Waals surface area contributed by atoms with Crippen molar-refractivity contribution in [2.45, 2.75) is 109 Å². The maximum atomic E-state index is 14.0. The van der Waals surface area contributed by atoms with Crippen LogP contribution in [0.15, 0.2) is 29.9 Å². The lowest BCUT2D eigenvalue weighted by Crippen LogP contribution is -2.56. The van der Waals surface area contributed by atoms with Crippen molar-refractivity contribution in [2.75, 3.05) is 20.6 Å². The van der Waals surface area contributed by atoms with Gasteiger partial charge in [-0.3, -0.25) is 33.9 Å². The highest BCUT2D eigenvalue weighted by molar-refractivity contribution is 7.09. The van der Waals surface area contributed by atoms with E-state index in [1.807, 2.05) is 33.0 Å². The number of amides is 3. The smallest absolute Gasteiger partial charge is 0.306 e. The summed E-state index contributed by atoms with van der Waals surface area (Å²) >= 11 is 1.18. The summed E-state index contributed by atoms with van der Waals surface area (Å²) in [5.41, 5.74) is 1.03. The van der Waals surface area contributed by atoms with Gasteiger partial charge in [0.25, 0.3) is 5.91 Å². The molecule has 50 heavy (non-hydrogen) atoms. The predicted molar refractivity (Wildman–Crippen MR) is 188 cm³/mol. The largest absolute Gasteiger partial charge is 0.481 e. The minimum absolute atomic E-state index is 0.0325. The Hall–Kier alpha value is -3.91. The van der Waals surface area contributed by atoms with Crippen LogP contribution in [0.25, 0.3) is 0 Å². The van der Waals surface area contributed by atoms with Crippen LogP contribution in [-0.2, 0) is 30.3 Å². The summed E-state index contributed by atoms with van der Waals surface area (Å²) in [5.74, 6) is -2.86. The molecule has 2 aromatic heterocycles. The zero-order valence-electron chi connectivity index (χ0n) is 30.0. The first kappa shape index (κ1) is 38.9. The highest BCUT2D eigenvalue weighted by Gasteiger charge is 2.42. The lowest BCUT2D eigenvalue weighted by atomic mass is 9.95. The topological polar surface area (TPSA) is 171 Å². The number of hydrogen-bond acceptors (Lipinski definition) is 10. The Morgan fingerprint density at radius 2 is 1.76 bits per heavy atom. The fourth-order valence-electron chi connectivity index (χ4n) is 6.67. The first-order valence-electron chi connectivity index (χ1n) is 17.6. The molecular weight excluding hydrogens is 660 g/mol. The van der Waals surface area contributed by atoms with Crippen LogP contribution >= 0.6 is 11.3 Å². The van der Waals surface area contributed by atoms with E-state index in [4.69, 9.17) is 4.74 Å². The number of carboxylic acids is 1. The third-order valence-corrected chi connectivity index (χ3v) is 10.7. The van der Waals surface area contributed by atoms with Gasteiger partial charge in [0.15, 0.2) is 6.10 Å². The highest BCUT2D eigenvalue weighted by Crippen LogP contribution is 2.36. The molecule has 4 rings (SSSR count). The number of hydrogen-bond donors (Lipinski definition) is 3. The lowest BCUT2D eigenvalue weighted by molar-refractivity contribution is -0.149. The van der Waals surface area contributed by atoms with Gasteiger partial charge in [0, 0.05) is 50.2 Å². The van der Waals surface area contributed by atoms with Gasteiger partial charge in [-0.15, -0.1) is 11.3 Å². The maximum absolute atomic E-state index is 14.0. The average molecular weight is 713 g/mol. The number of piperidine rings is 1. The molecule has 0 bridgehead atoms. The molecule has 0 aromatic carbocycles. The molecule has 2 aliphatic rings. The van der Waals surface area contributed by atoms with Crippen molar-refractivity contribution >= 4 is 41.0 Å². The molecule has 1 aliphatic carbocycles. The van der Waals surface area contributed by atoms with Crippen molar-refractivity contribution in [1.29, 1.82) is 0 Å². The first-order chi connectivity index (χ1) is 23.7. The highest BCUT2D eigenvalue weighted by atomic mass is 32.1.